The van der Waals surface area contributed by atoms with Gasteiger partial charge in [-0.15, -0.1) is 10.2 Å². The normalized spacial score (nSPS) is 13.1. The molecule has 0 saturated heterocycles. The topological polar surface area (TPSA) is 77.3 Å². The molecule has 0 unspecified atom stereocenters. The van der Waals surface area contributed by atoms with Gasteiger partial charge in [-0.25, -0.2) is 0 Å². The smallest absolute Gasteiger partial charge is 0.261 e. The van der Waals surface area contributed by atoms with Crippen LogP contribution in [0.25, 0.3) is 11.4 Å². The van der Waals surface area contributed by atoms with Crippen molar-refractivity contribution in [1.82, 2.24) is 19.7 Å². The van der Waals surface area contributed by atoms with Crippen LogP contribution < -0.4 is 4.74 Å². The number of rotatable bonds is 8. The summed E-state index contributed by atoms with van der Waals surface area (Å²) in [5.74, 6) is 1.99. The molecule has 8 heteroatoms. The third-order valence-electron chi connectivity index (χ3n) is 5.05. The van der Waals surface area contributed by atoms with E-state index in [4.69, 9.17) is 4.74 Å². The second-order valence-electron chi connectivity index (χ2n) is 6.96. The summed E-state index contributed by atoms with van der Waals surface area (Å²) in [4.78, 5) is 26.1. The highest BCUT2D eigenvalue weighted by molar-refractivity contribution is 7.99. The number of benzene rings is 2. The van der Waals surface area contributed by atoms with Crippen LogP contribution >= 0.6 is 11.8 Å². The molecule has 3 aromatic rings. The molecule has 2 aromatic carbocycles. The number of fused-ring (bicyclic) bond motifs is 1. The van der Waals surface area contributed by atoms with E-state index in [1.54, 1.807) is 43.1 Å². The van der Waals surface area contributed by atoms with Crippen LogP contribution in [0.3, 0.4) is 0 Å². The number of hydrogen-bond donors (Lipinski definition) is 0. The van der Waals surface area contributed by atoms with E-state index in [1.165, 1.54) is 4.90 Å². The van der Waals surface area contributed by atoms with Gasteiger partial charge < -0.3 is 9.30 Å². The predicted octanol–water partition coefficient (Wildman–Crippen LogP) is 3.66. The number of hydrogen-bond acceptors (Lipinski definition) is 6. The third kappa shape index (κ3) is 3.82. The fourth-order valence-electron chi connectivity index (χ4n) is 3.43. The molecule has 0 N–H and O–H groups in total. The Morgan fingerprint density at radius 2 is 1.70 bits per heavy atom. The quantitative estimate of drug-likeness (QED) is 0.313. The summed E-state index contributed by atoms with van der Waals surface area (Å²) in [5.41, 5.74) is 1.95. The molecule has 1 aliphatic rings. The van der Waals surface area contributed by atoms with Crippen LogP contribution in [-0.2, 0) is 7.05 Å². The maximum atomic E-state index is 12.4. The van der Waals surface area contributed by atoms with Crippen molar-refractivity contribution >= 4 is 23.6 Å². The standard InChI is InChI=1S/C22H22N4O3S/c1-25-19(15-8-7-9-16(14-15)29-2)23-24-22(25)30-13-6-5-12-26-20(27)17-10-3-4-11-18(17)21(26)28/h3-4,7-11,14H,5-6,12-13H2,1-2H3. The first-order valence-corrected chi connectivity index (χ1v) is 10.7. The molecule has 0 spiro atoms. The van der Waals surface area contributed by atoms with Gasteiger partial charge >= 0.3 is 0 Å². The molecule has 30 heavy (non-hydrogen) atoms. The Kier molecular flexibility index (Phi) is 5.85. The minimum absolute atomic E-state index is 0.195. The van der Waals surface area contributed by atoms with Gasteiger partial charge in [-0.05, 0) is 37.1 Å². The molecule has 0 aliphatic carbocycles. The van der Waals surface area contributed by atoms with Crippen molar-refractivity contribution in [2.75, 3.05) is 19.4 Å². The third-order valence-corrected chi connectivity index (χ3v) is 6.15. The lowest BCUT2D eigenvalue weighted by molar-refractivity contribution is 0.0652. The zero-order valence-electron chi connectivity index (χ0n) is 16.9. The first-order valence-electron chi connectivity index (χ1n) is 9.72. The Hall–Kier alpha value is -3.13. The van der Waals surface area contributed by atoms with E-state index in [-0.39, 0.29) is 11.8 Å². The molecule has 0 bridgehead atoms. The van der Waals surface area contributed by atoms with Gasteiger partial charge in [0.05, 0.1) is 18.2 Å². The summed E-state index contributed by atoms with van der Waals surface area (Å²) in [6, 6.07) is 14.7. The summed E-state index contributed by atoms with van der Waals surface area (Å²) >= 11 is 1.61. The van der Waals surface area contributed by atoms with E-state index in [0.717, 1.165) is 40.9 Å². The van der Waals surface area contributed by atoms with E-state index in [1.807, 2.05) is 35.9 Å². The number of methoxy groups -OCH3 is 1. The molecular formula is C22H22N4O3S. The van der Waals surface area contributed by atoms with E-state index in [9.17, 15) is 9.59 Å². The summed E-state index contributed by atoms with van der Waals surface area (Å²) in [6.07, 6.45) is 1.61. The number of carbonyl (C=O) groups excluding carboxylic acids is 2. The van der Waals surface area contributed by atoms with Crippen LogP contribution in [-0.4, -0.2) is 50.9 Å². The van der Waals surface area contributed by atoms with E-state index < -0.39 is 0 Å². The van der Waals surface area contributed by atoms with E-state index in [0.29, 0.717) is 17.7 Å². The molecule has 1 aliphatic heterocycles. The lowest BCUT2D eigenvalue weighted by atomic mass is 10.1. The van der Waals surface area contributed by atoms with Gasteiger partial charge in [0.25, 0.3) is 11.8 Å². The van der Waals surface area contributed by atoms with Crippen molar-refractivity contribution in [2.45, 2.75) is 18.0 Å². The molecule has 0 saturated carbocycles. The van der Waals surface area contributed by atoms with Crippen molar-refractivity contribution in [3.05, 3.63) is 59.7 Å². The van der Waals surface area contributed by atoms with Crippen molar-refractivity contribution in [3.8, 4) is 17.1 Å². The molecule has 2 heterocycles. The number of imide groups is 1. The summed E-state index contributed by atoms with van der Waals surface area (Å²) < 4.78 is 7.24. The highest BCUT2D eigenvalue weighted by Crippen LogP contribution is 2.26. The van der Waals surface area contributed by atoms with Crippen LogP contribution in [0.15, 0.2) is 53.7 Å². The van der Waals surface area contributed by atoms with E-state index in [2.05, 4.69) is 10.2 Å². The number of thioether (sulfide) groups is 1. The van der Waals surface area contributed by atoms with Gasteiger partial charge in [0.1, 0.15) is 5.75 Å². The van der Waals surface area contributed by atoms with Gasteiger partial charge in [-0.3, -0.25) is 14.5 Å². The van der Waals surface area contributed by atoms with Gasteiger partial charge in [0.15, 0.2) is 11.0 Å². The SMILES string of the molecule is COc1cccc(-c2nnc(SCCCCN3C(=O)c4ccccc4C3=O)n2C)c1. The predicted molar refractivity (Wildman–Crippen MR) is 115 cm³/mol. The van der Waals surface area contributed by atoms with Crippen LogP contribution in [0.2, 0.25) is 0 Å². The molecule has 2 amide bonds. The zero-order valence-corrected chi connectivity index (χ0v) is 17.7. The Morgan fingerprint density at radius 1 is 0.967 bits per heavy atom. The molecule has 154 valence electrons. The number of ether oxygens (including phenoxy) is 1. The fourth-order valence-corrected chi connectivity index (χ4v) is 4.34. The maximum absolute atomic E-state index is 12.4. The summed E-state index contributed by atoms with van der Waals surface area (Å²) in [6.45, 7) is 0.431. The number of amides is 2. The summed E-state index contributed by atoms with van der Waals surface area (Å²) in [7, 11) is 3.58. The molecule has 0 fully saturated rings. The maximum Gasteiger partial charge on any atom is 0.261 e. The van der Waals surface area contributed by atoms with Crippen LogP contribution in [0, 0.1) is 0 Å². The average molecular weight is 423 g/mol. The van der Waals surface area contributed by atoms with Crippen molar-refractivity contribution in [1.29, 1.82) is 0 Å². The Labute approximate surface area is 179 Å². The summed E-state index contributed by atoms with van der Waals surface area (Å²) in [5, 5.41) is 9.42. The molecule has 0 radical (unpaired) electrons. The lowest BCUT2D eigenvalue weighted by Gasteiger charge is -2.13. The number of aromatic nitrogens is 3. The Morgan fingerprint density at radius 3 is 2.40 bits per heavy atom. The van der Waals surface area contributed by atoms with Crippen molar-refractivity contribution in [3.63, 3.8) is 0 Å². The van der Waals surface area contributed by atoms with Gasteiger partial charge in [0.2, 0.25) is 0 Å². The first kappa shape index (κ1) is 20.2. The van der Waals surface area contributed by atoms with Gasteiger partial charge in [-0.2, -0.15) is 0 Å². The van der Waals surface area contributed by atoms with Crippen LogP contribution in [0.4, 0.5) is 0 Å². The molecular weight excluding hydrogens is 400 g/mol. The highest BCUT2D eigenvalue weighted by Gasteiger charge is 2.34. The fraction of sp³-hybridized carbons (Fsp3) is 0.273. The van der Waals surface area contributed by atoms with Gasteiger partial charge in [0, 0.05) is 24.9 Å². The van der Waals surface area contributed by atoms with E-state index >= 15 is 0 Å². The average Bonchev–Trinajstić information content (AvgIpc) is 3.26. The minimum atomic E-state index is -0.195. The zero-order chi connectivity index (χ0) is 21.1. The molecule has 1 aromatic heterocycles. The largest absolute Gasteiger partial charge is 0.497 e. The van der Waals surface area contributed by atoms with Crippen LogP contribution in [0.5, 0.6) is 5.75 Å². The van der Waals surface area contributed by atoms with Crippen molar-refractivity contribution < 1.29 is 14.3 Å². The number of nitrogens with zero attached hydrogens (tertiary/aromatic N) is 4. The second-order valence-corrected chi connectivity index (χ2v) is 8.02. The second kappa shape index (κ2) is 8.71. The minimum Gasteiger partial charge on any atom is -0.497 e. The molecule has 7 nitrogen and oxygen atoms in total. The first-order chi connectivity index (χ1) is 14.6. The molecule has 4 rings (SSSR count). The van der Waals surface area contributed by atoms with Gasteiger partial charge in [-0.1, -0.05) is 36.0 Å². The monoisotopic (exact) mass is 422 g/mol. The lowest BCUT2D eigenvalue weighted by Crippen LogP contribution is -2.30. The Bertz CT molecular complexity index is 1060. The molecule has 0 atom stereocenters. The highest BCUT2D eigenvalue weighted by atomic mass is 32.2. The van der Waals surface area contributed by atoms with Crippen molar-refractivity contribution in [2.24, 2.45) is 7.05 Å². The van der Waals surface area contributed by atoms with Crippen LogP contribution in [0.1, 0.15) is 33.6 Å². The Balaban J connectivity index is 1.29. The number of carbonyl (C=O) groups is 2. The number of unbranched alkanes of at least 4 members (excludes halogenated alkanes) is 1.